The van der Waals surface area contributed by atoms with Crippen LogP contribution in [0.3, 0.4) is 0 Å². The number of phenols is 1. The highest BCUT2D eigenvalue weighted by atomic mass is 16.3. The van der Waals surface area contributed by atoms with Gasteiger partial charge >= 0.3 is 0 Å². The van der Waals surface area contributed by atoms with Gasteiger partial charge in [-0.25, -0.2) is 4.98 Å². The van der Waals surface area contributed by atoms with Crippen molar-refractivity contribution in [3.8, 4) is 5.75 Å². The molecule has 0 spiro atoms. The number of likely N-dealkylation sites (N-methyl/N-ethyl adjacent to an activating group) is 2. The first-order valence-electron chi connectivity index (χ1n) is 33.1. The first-order valence-corrected chi connectivity index (χ1v) is 33.1. The molecule has 2 aromatic heterocycles. The molecule has 11 atom stereocenters. The van der Waals surface area contributed by atoms with E-state index in [4.69, 9.17) is 11.5 Å². The molecule has 2 heterocycles. The summed E-state index contributed by atoms with van der Waals surface area (Å²) in [6, 6.07) is 16.4. The van der Waals surface area contributed by atoms with E-state index in [0.29, 0.717) is 52.5 Å². The number of aliphatic hydroxyl groups is 1. The lowest BCUT2D eigenvalue weighted by molar-refractivity contribution is -0.142. The summed E-state index contributed by atoms with van der Waals surface area (Å²) >= 11 is 0. The Hall–Kier alpha value is -11.1. The largest absolute Gasteiger partial charge is 0.508 e. The molecule has 0 bridgehead atoms. The van der Waals surface area contributed by atoms with Crippen LogP contribution in [0.15, 0.2) is 128 Å². The van der Waals surface area contributed by atoms with Crippen LogP contribution in [0, 0.1) is 12.3 Å². The number of aldehydes is 1. The third-order valence-electron chi connectivity index (χ3n) is 17.2. The Morgan fingerprint density at radius 3 is 1.72 bits per heavy atom. The number of rotatable bonds is 36. The lowest BCUT2D eigenvalue weighted by atomic mass is 9.85. The van der Waals surface area contributed by atoms with E-state index in [0.717, 1.165) is 16.0 Å². The summed E-state index contributed by atoms with van der Waals surface area (Å²) in [5.41, 5.74) is 15.6. The first-order chi connectivity index (χ1) is 48.0. The Labute approximate surface area is 585 Å². The van der Waals surface area contributed by atoms with E-state index in [2.05, 4.69) is 57.8 Å². The minimum Gasteiger partial charge on any atom is -0.508 e. The molecule has 11 amide bonds. The Balaban J connectivity index is 1.17. The minimum atomic E-state index is -1.59. The van der Waals surface area contributed by atoms with Crippen molar-refractivity contribution < 1.29 is 67.7 Å². The number of amides is 11. The highest BCUT2D eigenvalue weighted by molar-refractivity contribution is 5.99. The number of hydrogen-bond acceptors (Lipinski definition) is 17. The number of aromatic amines is 1. The van der Waals surface area contributed by atoms with E-state index in [1.54, 1.807) is 107 Å². The molecule has 29 nitrogen and oxygen atoms in total. The Bertz CT molecular complexity index is 3850. The van der Waals surface area contributed by atoms with Crippen molar-refractivity contribution in [2.24, 2.45) is 11.1 Å². The number of nitrogen functional groups attached to an aromatic ring is 1. The molecule has 0 aliphatic rings. The molecular formula is C72H93N15O14. The van der Waals surface area contributed by atoms with Crippen LogP contribution in [0.2, 0.25) is 0 Å². The quantitative estimate of drug-likeness (QED) is 0.0188. The average Bonchev–Trinajstić information content (AvgIpc) is 1.70. The van der Waals surface area contributed by atoms with Crippen molar-refractivity contribution in [2.75, 3.05) is 33.0 Å². The Morgan fingerprint density at radius 2 is 1.12 bits per heavy atom. The van der Waals surface area contributed by atoms with Crippen LogP contribution in [-0.4, -0.2) is 189 Å². The maximum absolute atomic E-state index is 15.1. The van der Waals surface area contributed by atoms with Gasteiger partial charge in [-0.15, -0.1) is 0 Å². The van der Waals surface area contributed by atoms with E-state index in [1.165, 1.54) is 57.1 Å². The summed E-state index contributed by atoms with van der Waals surface area (Å²) in [6.07, 6.45) is 4.64. The molecule has 0 saturated carbocycles. The monoisotopic (exact) mass is 1390 g/mol. The van der Waals surface area contributed by atoms with Crippen molar-refractivity contribution >= 4 is 88.5 Å². The second kappa shape index (κ2) is 37.2. The van der Waals surface area contributed by atoms with E-state index >= 15 is 9.59 Å². The number of aromatic nitrogens is 2. The minimum absolute atomic E-state index is 0.0154. The van der Waals surface area contributed by atoms with Gasteiger partial charge in [0, 0.05) is 63.4 Å². The highest BCUT2D eigenvalue weighted by Gasteiger charge is 2.40. The highest BCUT2D eigenvalue weighted by Crippen LogP contribution is 2.23. The van der Waals surface area contributed by atoms with Crippen LogP contribution in [-0.2, 0) is 83.2 Å². The molecule has 540 valence electrons. The predicted octanol–water partition coefficient (Wildman–Crippen LogP) is 0.485. The van der Waals surface area contributed by atoms with Gasteiger partial charge in [0.05, 0.1) is 12.6 Å². The molecule has 0 fully saturated rings. The summed E-state index contributed by atoms with van der Waals surface area (Å²) in [5, 5.41) is 44.2. The van der Waals surface area contributed by atoms with Gasteiger partial charge in [-0.1, -0.05) is 119 Å². The summed E-state index contributed by atoms with van der Waals surface area (Å²) in [7, 11) is 2.74. The van der Waals surface area contributed by atoms with Crippen molar-refractivity contribution in [1.29, 1.82) is 0 Å². The van der Waals surface area contributed by atoms with Crippen LogP contribution < -0.4 is 59.3 Å². The van der Waals surface area contributed by atoms with Gasteiger partial charge in [-0.05, 0) is 103 Å². The molecule has 29 heteroatoms. The molecular weight excluding hydrogens is 1300 g/mol. The second-order valence-electron chi connectivity index (χ2n) is 25.9. The number of pyridine rings is 1. The maximum Gasteiger partial charge on any atom is 0.247 e. The lowest BCUT2D eigenvalue weighted by Crippen LogP contribution is -2.62. The van der Waals surface area contributed by atoms with E-state index in [1.807, 2.05) is 31.2 Å². The SMILES string of the molecule is CCC[C@H](NC=O)C(=O)NC(CO)C(=O)N[C@@H](Cc1ccc(O)cc1)C(=O)NC(C(=O)N[C@@H](C)C(=O)N[C@@H](CN)C(=O)N(C)C(C)C(=O)N[C@H](C(=O)N[C@@H](Cc1c[nH]c2ncccc12)C(=O)N[C@@H](Cc1ccc(C)cc1)C(=O)N(C)[C@H](C=O)Cc1ccc(N)cc1)c1ccccc1)C(C)(C)C. The van der Waals surface area contributed by atoms with Crippen LogP contribution >= 0.6 is 0 Å². The van der Waals surface area contributed by atoms with Crippen LogP contribution in [0.5, 0.6) is 5.75 Å². The smallest absolute Gasteiger partial charge is 0.247 e. The number of benzene rings is 4. The lowest BCUT2D eigenvalue weighted by Gasteiger charge is -2.33. The van der Waals surface area contributed by atoms with Crippen LogP contribution in [0.1, 0.15) is 93.8 Å². The summed E-state index contributed by atoms with van der Waals surface area (Å²) in [5.74, 6) is -8.53. The summed E-state index contributed by atoms with van der Waals surface area (Å²) in [6.45, 7) is 9.78. The third-order valence-corrected chi connectivity index (χ3v) is 17.2. The molecule has 0 saturated heterocycles. The van der Waals surface area contributed by atoms with Gasteiger partial charge < -0.3 is 89.1 Å². The number of anilines is 1. The second-order valence-corrected chi connectivity index (χ2v) is 25.9. The number of carbonyl (C=O) groups is 12. The molecule has 0 aliphatic carbocycles. The van der Waals surface area contributed by atoms with Crippen LogP contribution in [0.25, 0.3) is 11.0 Å². The molecule has 4 aromatic carbocycles. The number of phenolic OH excluding ortho intramolecular Hbond substituents is 1. The molecule has 101 heavy (non-hydrogen) atoms. The number of aliphatic hydroxyl groups excluding tert-OH is 1. The Morgan fingerprint density at radius 1 is 0.584 bits per heavy atom. The number of nitrogens with two attached hydrogens (primary N) is 2. The molecule has 0 aliphatic heterocycles. The molecule has 16 N–H and O–H groups in total. The van der Waals surface area contributed by atoms with Gasteiger partial charge in [-0.3, -0.25) is 52.7 Å². The number of aromatic hydroxyl groups is 1. The number of fused-ring (bicyclic) bond motifs is 1. The topological polar surface area (TPSA) is 441 Å². The average molecular weight is 1390 g/mol. The van der Waals surface area contributed by atoms with Crippen molar-refractivity contribution in [1.82, 2.24) is 67.6 Å². The van der Waals surface area contributed by atoms with Crippen molar-refractivity contribution in [2.45, 2.75) is 153 Å². The fourth-order valence-electron chi connectivity index (χ4n) is 11.0. The number of aryl methyl sites for hydroxylation is 1. The van der Waals surface area contributed by atoms with Crippen LogP contribution in [0.4, 0.5) is 5.69 Å². The first kappa shape index (κ1) is 78.9. The zero-order chi connectivity index (χ0) is 74.3. The van der Waals surface area contributed by atoms with Gasteiger partial charge in [0.1, 0.15) is 78.1 Å². The normalized spacial score (nSPS) is 14.5. The van der Waals surface area contributed by atoms with Gasteiger partial charge in [0.25, 0.3) is 0 Å². The molecule has 3 unspecified atom stereocenters. The Kier molecular flexibility index (Phi) is 29.1. The number of H-pyrrole nitrogens is 1. The molecule has 0 radical (unpaired) electrons. The summed E-state index contributed by atoms with van der Waals surface area (Å²) < 4.78 is 0. The van der Waals surface area contributed by atoms with Gasteiger partial charge in [-0.2, -0.15) is 0 Å². The number of nitrogens with zero attached hydrogens (tertiary/aromatic N) is 3. The van der Waals surface area contributed by atoms with Gasteiger partial charge in [0.15, 0.2) is 0 Å². The number of nitrogens with one attached hydrogen (secondary N) is 10. The van der Waals surface area contributed by atoms with Crippen molar-refractivity contribution in [3.05, 3.63) is 161 Å². The maximum atomic E-state index is 15.1. The predicted molar refractivity (Wildman–Crippen MR) is 376 cm³/mol. The molecule has 6 rings (SSSR count). The fraction of sp³-hybridized carbons (Fsp3) is 0.403. The van der Waals surface area contributed by atoms with E-state index in [-0.39, 0.29) is 43.4 Å². The summed E-state index contributed by atoms with van der Waals surface area (Å²) in [4.78, 5) is 176. The third kappa shape index (κ3) is 22.5. The van der Waals surface area contributed by atoms with Crippen molar-refractivity contribution in [3.63, 3.8) is 0 Å². The number of carbonyl (C=O) groups excluding carboxylic acids is 12. The molecule has 6 aromatic rings. The zero-order valence-corrected chi connectivity index (χ0v) is 58.1. The van der Waals surface area contributed by atoms with Gasteiger partial charge in [0.2, 0.25) is 65.5 Å². The number of hydrogen-bond donors (Lipinski definition) is 14. The fourth-order valence-corrected chi connectivity index (χ4v) is 11.0. The standard InChI is InChI=1S/C72H93N15O14/c1-10-15-53(77-40-90)64(94)83-58(39-89)67(97)79-54(33-46-25-29-51(91)30-26-46)66(96)85-60(72(5,6)7)69(99)78-42(3)62(92)82-57(36-73)71(101)86(8)43(4)63(93)84-59(47-16-12-11-13-17-47)68(98)80-55(35-48-37-76-61-52(48)18-14-31-75-61)65(95)81-56(34-45-21-19-41(2)20-22-45)70(100)87(9)50(38-88)32-44-23-27-49(74)28-24-44/h11-14,16-31,37-38,40,42-43,50,53-60,89,91H,10,15,32-36,39,73-74H2,1-9H3,(H,75,76)(H,77,90)(H,78,99)(H,79,97)(H,80,98)(H,81,95)(H,82,92)(H,83,94)(H,84,93)(H,85,96)/t42-,43?,50-,53-,54-,55-,56-,57-,58?,59-,60?/m0/s1. The van der Waals surface area contributed by atoms with E-state index < -0.39 is 144 Å². The van der Waals surface area contributed by atoms with E-state index in [9.17, 15) is 58.2 Å². The zero-order valence-electron chi connectivity index (χ0n) is 58.1.